The lowest BCUT2D eigenvalue weighted by molar-refractivity contribution is -0.159. The number of halogens is 2. The number of hydrogen-bond donors (Lipinski definition) is 0. The number of aryl methyl sites for hydroxylation is 1. The lowest BCUT2D eigenvalue weighted by atomic mass is 10.0. The molecule has 8 heteroatoms. The minimum absolute atomic E-state index is 0.0129. The van der Waals surface area contributed by atoms with Gasteiger partial charge in [-0.05, 0) is 45.7 Å². The molecule has 1 aliphatic heterocycles. The van der Waals surface area contributed by atoms with Crippen LogP contribution in [0.5, 0.6) is 0 Å². The minimum Gasteiger partial charge on any atom is -0.458 e. The smallest absolute Gasteiger partial charge is 0.347 e. The first-order valence-corrected chi connectivity index (χ1v) is 9.30. The maximum absolute atomic E-state index is 14.1. The second kappa shape index (κ2) is 6.98. The Morgan fingerprint density at radius 1 is 1.42 bits per heavy atom. The van der Waals surface area contributed by atoms with E-state index in [4.69, 9.17) is 4.74 Å². The van der Waals surface area contributed by atoms with E-state index in [1.165, 1.54) is 15.3 Å². The Hall–Kier alpha value is -1.96. The zero-order chi connectivity index (χ0) is 19.1. The van der Waals surface area contributed by atoms with Gasteiger partial charge in [0.25, 0.3) is 0 Å². The van der Waals surface area contributed by atoms with E-state index in [9.17, 15) is 14.0 Å². The summed E-state index contributed by atoms with van der Waals surface area (Å²) < 4.78 is 22.8. The summed E-state index contributed by atoms with van der Waals surface area (Å²) in [4.78, 5) is 25.3. The normalized spacial score (nSPS) is 17.0. The standard InChI is InChI=1S/C18H21BrFN3O3/c1-18(2,3)26-16(24)14-5-4-6-15-21-22(17(25)23(14)15)10-11-7-8-12(19)9-13(11)20/h7-9,14H,4-6,10H2,1-3H3/t14-/m0/s1. The van der Waals surface area contributed by atoms with Crippen molar-refractivity contribution >= 4 is 21.9 Å². The number of nitrogens with zero attached hydrogens (tertiary/aromatic N) is 3. The molecule has 2 heterocycles. The molecule has 140 valence electrons. The van der Waals surface area contributed by atoms with E-state index in [-0.39, 0.29) is 6.54 Å². The molecular formula is C18H21BrFN3O3. The van der Waals surface area contributed by atoms with Crippen LogP contribution in [0.15, 0.2) is 27.5 Å². The van der Waals surface area contributed by atoms with E-state index in [0.717, 1.165) is 6.42 Å². The zero-order valence-corrected chi connectivity index (χ0v) is 16.5. The minimum atomic E-state index is -0.686. The first-order valence-electron chi connectivity index (χ1n) is 8.51. The summed E-state index contributed by atoms with van der Waals surface area (Å²) in [6.45, 7) is 5.38. The summed E-state index contributed by atoms with van der Waals surface area (Å²) in [6.07, 6.45) is 1.87. The Morgan fingerprint density at radius 3 is 2.81 bits per heavy atom. The van der Waals surface area contributed by atoms with Gasteiger partial charge in [-0.1, -0.05) is 22.0 Å². The molecule has 0 spiro atoms. The van der Waals surface area contributed by atoms with E-state index >= 15 is 0 Å². The molecular weight excluding hydrogens is 405 g/mol. The van der Waals surface area contributed by atoms with Gasteiger partial charge in [0.1, 0.15) is 23.3 Å². The number of carbonyl (C=O) groups excluding carboxylic acids is 1. The molecule has 26 heavy (non-hydrogen) atoms. The zero-order valence-electron chi connectivity index (χ0n) is 15.0. The molecule has 0 aliphatic carbocycles. The molecule has 0 amide bonds. The predicted molar refractivity (Wildman–Crippen MR) is 97.5 cm³/mol. The van der Waals surface area contributed by atoms with Crippen molar-refractivity contribution < 1.29 is 13.9 Å². The molecule has 2 aromatic rings. The topological polar surface area (TPSA) is 66.1 Å². The number of esters is 1. The molecule has 1 aromatic carbocycles. The van der Waals surface area contributed by atoms with E-state index in [0.29, 0.717) is 28.7 Å². The van der Waals surface area contributed by atoms with Gasteiger partial charge < -0.3 is 4.74 Å². The van der Waals surface area contributed by atoms with Crippen LogP contribution >= 0.6 is 15.9 Å². The first-order chi connectivity index (χ1) is 12.2. The van der Waals surface area contributed by atoms with Crippen LogP contribution in [-0.4, -0.2) is 25.9 Å². The highest BCUT2D eigenvalue weighted by Gasteiger charge is 2.33. The summed E-state index contributed by atoms with van der Waals surface area (Å²) in [5.74, 6) is -0.314. The van der Waals surface area contributed by atoms with Crippen molar-refractivity contribution in [2.45, 2.75) is 58.2 Å². The fraction of sp³-hybridized carbons (Fsp3) is 0.500. The van der Waals surface area contributed by atoms with Crippen molar-refractivity contribution in [3.63, 3.8) is 0 Å². The fourth-order valence-electron chi connectivity index (χ4n) is 3.04. The van der Waals surface area contributed by atoms with Crippen LogP contribution in [0.25, 0.3) is 0 Å². The van der Waals surface area contributed by atoms with E-state index < -0.39 is 29.1 Å². The van der Waals surface area contributed by atoms with Crippen LogP contribution in [0.4, 0.5) is 4.39 Å². The van der Waals surface area contributed by atoms with Crippen LogP contribution in [0.2, 0.25) is 0 Å². The van der Waals surface area contributed by atoms with Gasteiger partial charge in [0.05, 0.1) is 6.54 Å². The Balaban J connectivity index is 1.92. The van der Waals surface area contributed by atoms with Crippen LogP contribution in [0.1, 0.15) is 51.0 Å². The Labute approximate surface area is 159 Å². The number of hydrogen-bond acceptors (Lipinski definition) is 4. The molecule has 0 fully saturated rings. The lowest BCUT2D eigenvalue weighted by Gasteiger charge is -2.26. The van der Waals surface area contributed by atoms with E-state index in [1.54, 1.807) is 32.9 Å². The van der Waals surface area contributed by atoms with Crippen molar-refractivity contribution in [1.29, 1.82) is 0 Å². The summed E-state index contributed by atoms with van der Waals surface area (Å²) >= 11 is 3.21. The third-order valence-electron chi connectivity index (χ3n) is 4.14. The van der Waals surface area contributed by atoms with Crippen molar-refractivity contribution in [1.82, 2.24) is 14.3 Å². The summed E-state index contributed by atoms with van der Waals surface area (Å²) in [5, 5.41) is 4.32. The summed E-state index contributed by atoms with van der Waals surface area (Å²) in [7, 11) is 0. The van der Waals surface area contributed by atoms with Crippen molar-refractivity contribution in [2.24, 2.45) is 0 Å². The number of aromatic nitrogens is 3. The summed E-state index contributed by atoms with van der Waals surface area (Å²) in [5.41, 5.74) is -0.688. The number of rotatable bonds is 3. The average Bonchev–Trinajstić information content (AvgIpc) is 2.85. The first kappa shape index (κ1) is 18.8. The maximum atomic E-state index is 14.1. The number of ether oxygens (including phenoxy) is 1. The van der Waals surface area contributed by atoms with E-state index in [2.05, 4.69) is 21.0 Å². The molecule has 6 nitrogen and oxygen atoms in total. The average molecular weight is 426 g/mol. The molecule has 1 aliphatic rings. The number of carbonyl (C=O) groups is 1. The van der Waals surface area contributed by atoms with Crippen LogP contribution < -0.4 is 5.69 Å². The molecule has 0 N–H and O–H groups in total. The quantitative estimate of drug-likeness (QED) is 0.708. The third-order valence-corrected chi connectivity index (χ3v) is 4.64. The van der Waals surface area contributed by atoms with Gasteiger partial charge in [0, 0.05) is 16.5 Å². The molecule has 3 rings (SSSR count). The second-order valence-electron chi connectivity index (χ2n) is 7.40. The number of benzene rings is 1. The van der Waals surface area contributed by atoms with Crippen LogP contribution in [0.3, 0.4) is 0 Å². The van der Waals surface area contributed by atoms with Gasteiger partial charge in [-0.3, -0.25) is 4.57 Å². The highest BCUT2D eigenvalue weighted by molar-refractivity contribution is 9.10. The van der Waals surface area contributed by atoms with Crippen molar-refractivity contribution in [3.05, 3.63) is 50.4 Å². The van der Waals surface area contributed by atoms with Gasteiger partial charge in [-0.25, -0.2) is 18.7 Å². The van der Waals surface area contributed by atoms with Gasteiger partial charge >= 0.3 is 11.7 Å². The third kappa shape index (κ3) is 3.90. The van der Waals surface area contributed by atoms with Crippen LogP contribution in [0, 0.1) is 5.82 Å². The van der Waals surface area contributed by atoms with Gasteiger partial charge in [0.2, 0.25) is 0 Å². The SMILES string of the molecule is CC(C)(C)OC(=O)[C@@H]1CCCc2nn(Cc3ccc(Br)cc3F)c(=O)n21. The molecule has 1 atom stereocenters. The van der Waals surface area contributed by atoms with Gasteiger partial charge in [0.15, 0.2) is 0 Å². The predicted octanol–water partition coefficient (Wildman–Crippen LogP) is 3.21. The Morgan fingerprint density at radius 2 is 2.15 bits per heavy atom. The molecule has 1 aromatic heterocycles. The Kier molecular flexibility index (Phi) is 5.05. The van der Waals surface area contributed by atoms with Gasteiger partial charge in [-0.15, -0.1) is 0 Å². The second-order valence-corrected chi connectivity index (χ2v) is 8.32. The van der Waals surface area contributed by atoms with Crippen molar-refractivity contribution in [2.75, 3.05) is 0 Å². The lowest BCUT2D eigenvalue weighted by Crippen LogP contribution is -2.38. The van der Waals surface area contributed by atoms with Crippen molar-refractivity contribution in [3.8, 4) is 0 Å². The Bertz CT molecular complexity index is 898. The molecule has 0 saturated heterocycles. The fourth-order valence-corrected chi connectivity index (χ4v) is 3.37. The largest absolute Gasteiger partial charge is 0.458 e. The van der Waals surface area contributed by atoms with Gasteiger partial charge in [-0.2, -0.15) is 5.10 Å². The van der Waals surface area contributed by atoms with E-state index in [1.807, 2.05) is 0 Å². The highest BCUT2D eigenvalue weighted by Crippen LogP contribution is 2.25. The highest BCUT2D eigenvalue weighted by atomic mass is 79.9. The summed E-state index contributed by atoms with van der Waals surface area (Å²) in [6, 6.07) is 3.98. The molecule has 0 radical (unpaired) electrons. The molecule has 0 bridgehead atoms. The van der Waals surface area contributed by atoms with Crippen LogP contribution in [-0.2, 0) is 22.5 Å². The number of fused-ring (bicyclic) bond motifs is 1. The molecule has 0 saturated carbocycles. The molecule has 0 unspecified atom stereocenters. The monoisotopic (exact) mass is 425 g/mol. The maximum Gasteiger partial charge on any atom is 0.347 e.